The van der Waals surface area contributed by atoms with Gasteiger partial charge in [-0.05, 0) is 65.9 Å². The number of aliphatic carboxylic acids is 1. The Morgan fingerprint density at radius 2 is 1.75 bits per heavy atom. The van der Waals surface area contributed by atoms with Crippen molar-refractivity contribution >= 4 is 17.4 Å². The number of anilines is 1. The standard InChI is InChI=1S/C27H24F4N2O3/c1-15-11-19(22-13-21(34)9-10-23(22)28)6-5-18(15)12-17-3-7-20(8-4-17)33-24(14-25(35)36)16(2)26(32-33)27(29,30)31/h3-11,13,16,24,34H,12,14H2,1-2H3,(H,35,36). The maximum absolute atomic E-state index is 14.2. The van der Waals surface area contributed by atoms with Crippen molar-refractivity contribution in [2.24, 2.45) is 11.0 Å². The van der Waals surface area contributed by atoms with Crippen molar-refractivity contribution in [2.45, 2.75) is 38.9 Å². The summed E-state index contributed by atoms with van der Waals surface area (Å²) in [6.07, 6.45) is -4.59. The Kier molecular flexibility index (Phi) is 6.75. The zero-order chi connectivity index (χ0) is 26.2. The predicted molar refractivity (Wildman–Crippen MR) is 129 cm³/mol. The van der Waals surface area contributed by atoms with E-state index in [2.05, 4.69) is 5.10 Å². The molecule has 36 heavy (non-hydrogen) atoms. The molecule has 9 heteroatoms. The Balaban J connectivity index is 1.56. The molecule has 1 aliphatic heterocycles. The largest absolute Gasteiger partial charge is 0.508 e. The Morgan fingerprint density at radius 1 is 1.06 bits per heavy atom. The highest BCUT2D eigenvalue weighted by Gasteiger charge is 2.48. The molecule has 4 rings (SSSR count). The Hall–Kier alpha value is -3.88. The number of phenols is 1. The van der Waals surface area contributed by atoms with Crippen LogP contribution in [0.15, 0.2) is 65.8 Å². The van der Waals surface area contributed by atoms with Crippen molar-refractivity contribution in [1.29, 1.82) is 0 Å². The van der Waals surface area contributed by atoms with Gasteiger partial charge in [0, 0.05) is 11.5 Å². The second-order valence-electron chi connectivity index (χ2n) is 8.93. The highest BCUT2D eigenvalue weighted by molar-refractivity contribution is 5.96. The van der Waals surface area contributed by atoms with Gasteiger partial charge < -0.3 is 10.2 Å². The van der Waals surface area contributed by atoms with Gasteiger partial charge in [-0.2, -0.15) is 18.3 Å². The molecule has 2 unspecified atom stereocenters. The average molecular weight is 500 g/mol. The number of hydrazone groups is 1. The molecule has 0 aromatic heterocycles. The van der Waals surface area contributed by atoms with E-state index in [9.17, 15) is 32.6 Å². The molecule has 0 amide bonds. The third-order valence-electron chi connectivity index (χ3n) is 6.41. The molecule has 2 atom stereocenters. The smallest absolute Gasteiger partial charge is 0.431 e. The van der Waals surface area contributed by atoms with E-state index < -0.39 is 42.1 Å². The van der Waals surface area contributed by atoms with Crippen LogP contribution >= 0.6 is 0 Å². The lowest BCUT2D eigenvalue weighted by Gasteiger charge is -2.25. The maximum atomic E-state index is 14.2. The first-order chi connectivity index (χ1) is 16.9. The Morgan fingerprint density at radius 3 is 2.36 bits per heavy atom. The molecule has 0 spiro atoms. The number of hydrogen-bond acceptors (Lipinski definition) is 4. The molecule has 3 aromatic rings. The number of nitrogens with zero attached hydrogens (tertiary/aromatic N) is 2. The van der Waals surface area contributed by atoms with Crippen molar-refractivity contribution < 1.29 is 32.6 Å². The van der Waals surface area contributed by atoms with E-state index in [1.54, 1.807) is 30.3 Å². The molecule has 0 fully saturated rings. The molecule has 1 heterocycles. The minimum atomic E-state index is -4.64. The number of alkyl halides is 3. The minimum absolute atomic E-state index is 0.0297. The number of aromatic hydroxyl groups is 1. The van der Waals surface area contributed by atoms with Gasteiger partial charge in [0.15, 0.2) is 0 Å². The van der Waals surface area contributed by atoms with Crippen LogP contribution in [0.2, 0.25) is 0 Å². The molecule has 0 aliphatic carbocycles. The fourth-order valence-electron chi connectivity index (χ4n) is 4.46. The number of hydrogen-bond donors (Lipinski definition) is 2. The lowest BCUT2D eigenvalue weighted by Crippen LogP contribution is -2.36. The summed E-state index contributed by atoms with van der Waals surface area (Å²) in [6, 6.07) is 15.2. The van der Waals surface area contributed by atoms with Gasteiger partial charge in [0.25, 0.3) is 0 Å². The van der Waals surface area contributed by atoms with Crippen LogP contribution < -0.4 is 5.01 Å². The van der Waals surface area contributed by atoms with Gasteiger partial charge in [-0.25, -0.2) is 4.39 Å². The van der Waals surface area contributed by atoms with Gasteiger partial charge in [0.1, 0.15) is 17.3 Å². The summed E-state index contributed by atoms with van der Waals surface area (Å²) in [7, 11) is 0. The highest BCUT2D eigenvalue weighted by Crippen LogP contribution is 2.36. The zero-order valence-corrected chi connectivity index (χ0v) is 19.6. The maximum Gasteiger partial charge on any atom is 0.431 e. The number of phenolic OH excluding ortho intramolecular Hbond substituents is 1. The molecule has 0 saturated heterocycles. The van der Waals surface area contributed by atoms with Crippen molar-refractivity contribution in [3.63, 3.8) is 0 Å². The van der Waals surface area contributed by atoms with E-state index in [0.29, 0.717) is 23.2 Å². The normalized spacial score (nSPS) is 17.8. The SMILES string of the molecule is Cc1cc(-c2cc(O)ccc2F)ccc1Cc1ccc(N2N=C(C(F)(F)F)C(C)C2CC(=O)O)cc1. The Labute approximate surface area is 205 Å². The molecular formula is C27H24F4N2O3. The number of benzene rings is 3. The van der Waals surface area contributed by atoms with Gasteiger partial charge in [-0.15, -0.1) is 0 Å². The van der Waals surface area contributed by atoms with Crippen molar-refractivity contribution in [3.05, 3.63) is 83.2 Å². The average Bonchev–Trinajstić information content (AvgIpc) is 3.13. The van der Waals surface area contributed by atoms with Crippen molar-refractivity contribution in [1.82, 2.24) is 0 Å². The van der Waals surface area contributed by atoms with Gasteiger partial charge in [0.05, 0.1) is 18.2 Å². The van der Waals surface area contributed by atoms with Crippen LogP contribution in [-0.2, 0) is 11.2 Å². The Bertz CT molecular complexity index is 1320. The molecule has 3 aromatic carbocycles. The number of halogens is 4. The third-order valence-corrected chi connectivity index (χ3v) is 6.41. The van der Waals surface area contributed by atoms with Gasteiger partial charge >= 0.3 is 12.1 Å². The lowest BCUT2D eigenvalue weighted by atomic mass is 9.94. The molecule has 188 valence electrons. The van der Waals surface area contributed by atoms with Crippen LogP contribution in [0.5, 0.6) is 5.75 Å². The van der Waals surface area contributed by atoms with Crippen LogP contribution in [0.4, 0.5) is 23.2 Å². The summed E-state index contributed by atoms with van der Waals surface area (Å²) in [5.41, 5.74) is 3.09. The van der Waals surface area contributed by atoms with Gasteiger partial charge in [0.2, 0.25) is 0 Å². The summed E-state index contributed by atoms with van der Waals surface area (Å²) in [5.74, 6) is -2.75. The zero-order valence-electron chi connectivity index (χ0n) is 19.6. The molecule has 1 aliphatic rings. The van der Waals surface area contributed by atoms with E-state index in [0.717, 1.165) is 21.7 Å². The van der Waals surface area contributed by atoms with Crippen LogP contribution in [-0.4, -0.2) is 34.1 Å². The molecule has 0 bridgehead atoms. The van der Waals surface area contributed by atoms with Crippen LogP contribution in [0.1, 0.15) is 30.0 Å². The van der Waals surface area contributed by atoms with Crippen LogP contribution in [0.3, 0.4) is 0 Å². The van der Waals surface area contributed by atoms with E-state index >= 15 is 0 Å². The van der Waals surface area contributed by atoms with Gasteiger partial charge in [-0.1, -0.05) is 37.3 Å². The van der Waals surface area contributed by atoms with Crippen molar-refractivity contribution in [3.8, 4) is 16.9 Å². The number of aryl methyl sites for hydroxylation is 1. The number of carboxylic acid groups (broad SMARTS) is 1. The fraction of sp³-hybridized carbons (Fsp3) is 0.259. The van der Waals surface area contributed by atoms with E-state index in [1.165, 1.54) is 25.1 Å². The second-order valence-corrected chi connectivity index (χ2v) is 8.93. The lowest BCUT2D eigenvalue weighted by molar-refractivity contribution is -0.137. The van der Waals surface area contributed by atoms with Gasteiger partial charge in [-0.3, -0.25) is 9.80 Å². The second kappa shape index (κ2) is 9.64. The van der Waals surface area contributed by atoms with Crippen LogP contribution in [0.25, 0.3) is 11.1 Å². The summed E-state index contributed by atoms with van der Waals surface area (Å²) in [5, 5.41) is 23.8. The van der Waals surface area contributed by atoms with E-state index in [-0.39, 0.29) is 5.75 Å². The topological polar surface area (TPSA) is 73.1 Å². The molecule has 5 nitrogen and oxygen atoms in total. The molecular weight excluding hydrogens is 476 g/mol. The highest BCUT2D eigenvalue weighted by atomic mass is 19.4. The summed E-state index contributed by atoms with van der Waals surface area (Å²) in [6.45, 7) is 3.23. The fourth-order valence-corrected chi connectivity index (χ4v) is 4.46. The molecule has 2 N–H and O–H groups in total. The van der Waals surface area contributed by atoms with E-state index in [1.807, 2.05) is 19.1 Å². The van der Waals surface area contributed by atoms with Crippen molar-refractivity contribution in [2.75, 3.05) is 5.01 Å². The number of carboxylic acids is 1. The summed E-state index contributed by atoms with van der Waals surface area (Å²) < 4.78 is 54.4. The number of carbonyl (C=O) groups is 1. The molecule has 0 radical (unpaired) electrons. The third kappa shape index (κ3) is 5.19. The molecule has 0 saturated carbocycles. The predicted octanol–water partition coefficient (Wildman–Crippen LogP) is 6.32. The quantitative estimate of drug-likeness (QED) is 0.389. The first kappa shape index (κ1) is 25.2. The van der Waals surface area contributed by atoms with E-state index in [4.69, 9.17) is 0 Å². The summed E-state index contributed by atoms with van der Waals surface area (Å²) in [4.78, 5) is 11.3. The summed E-state index contributed by atoms with van der Waals surface area (Å²) >= 11 is 0. The van der Waals surface area contributed by atoms with Crippen LogP contribution in [0, 0.1) is 18.7 Å². The first-order valence-corrected chi connectivity index (χ1v) is 11.3. The monoisotopic (exact) mass is 500 g/mol. The first-order valence-electron chi connectivity index (χ1n) is 11.3. The number of rotatable bonds is 6. The minimum Gasteiger partial charge on any atom is -0.508 e.